The van der Waals surface area contributed by atoms with Crippen LogP contribution < -0.4 is 15.4 Å². The van der Waals surface area contributed by atoms with Crippen molar-refractivity contribution in [3.63, 3.8) is 0 Å². The Morgan fingerprint density at radius 3 is 2.33 bits per heavy atom. The predicted octanol–water partition coefficient (Wildman–Crippen LogP) is 2.48. The number of nitrogens with zero attached hydrogens (tertiary/aromatic N) is 2. The number of piperazine rings is 1. The van der Waals surface area contributed by atoms with Gasteiger partial charge in [-0.2, -0.15) is 0 Å². The molecular formula is C31H42ClN5O4S. The lowest BCUT2D eigenvalue weighted by atomic mass is 9.80. The van der Waals surface area contributed by atoms with E-state index >= 15 is 0 Å². The Balaban J connectivity index is 1.27. The molecule has 2 aromatic carbocycles. The van der Waals surface area contributed by atoms with Crippen LogP contribution in [-0.2, 0) is 39.0 Å². The average Bonchev–Trinajstić information content (AvgIpc) is 3.00. The van der Waals surface area contributed by atoms with Crippen molar-refractivity contribution in [2.24, 2.45) is 0 Å². The average molecular weight is 616 g/mol. The molecule has 11 heteroatoms. The van der Waals surface area contributed by atoms with Gasteiger partial charge in [-0.25, -0.2) is 13.1 Å². The van der Waals surface area contributed by atoms with Crippen molar-refractivity contribution in [3.05, 3.63) is 70.2 Å². The number of amides is 2. The molecule has 0 aromatic heterocycles. The third kappa shape index (κ3) is 7.71. The van der Waals surface area contributed by atoms with E-state index in [-0.39, 0.29) is 17.4 Å². The van der Waals surface area contributed by atoms with Crippen LogP contribution in [0.5, 0.6) is 0 Å². The summed E-state index contributed by atoms with van der Waals surface area (Å²) >= 11 is 6.10. The normalized spacial score (nSPS) is 21.8. The molecule has 3 aliphatic rings. The van der Waals surface area contributed by atoms with Gasteiger partial charge < -0.3 is 15.5 Å². The van der Waals surface area contributed by atoms with Crippen molar-refractivity contribution < 1.29 is 18.0 Å². The molecule has 2 aromatic rings. The lowest BCUT2D eigenvalue weighted by Crippen LogP contribution is -2.64. The summed E-state index contributed by atoms with van der Waals surface area (Å²) in [4.78, 5) is 31.7. The molecule has 228 valence electrons. The smallest absolute Gasteiger partial charge is 0.245 e. The van der Waals surface area contributed by atoms with E-state index in [0.29, 0.717) is 57.1 Å². The SMILES string of the molecule is CS(=O)(=O)NCC1(N2CCN(C(=O)[C@@H](Cc3ccc(Cl)cc3)NC(=O)[C@H]3Cc4ccccc4CN3)CC2)CCCCC1. The van der Waals surface area contributed by atoms with Gasteiger partial charge in [0.1, 0.15) is 6.04 Å². The number of hydrogen-bond donors (Lipinski definition) is 3. The molecule has 2 atom stereocenters. The lowest BCUT2D eigenvalue weighted by molar-refractivity contribution is -0.139. The second-order valence-electron chi connectivity index (χ2n) is 12.0. The fourth-order valence-electron chi connectivity index (χ4n) is 6.67. The van der Waals surface area contributed by atoms with Crippen LogP contribution in [0.3, 0.4) is 0 Å². The summed E-state index contributed by atoms with van der Waals surface area (Å²) in [5.74, 6) is -0.274. The zero-order valence-electron chi connectivity index (χ0n) is 24.3. The van der Waals surface area contributed by atoms with Crippen LogP contribution in [0.4, 0.5) is 0 Å². The Hall–Kier alpha value is -2.50. The predicted molar refractivity (Wildman–Crippen MR) is 165 cm³/mol. The molecule has 1 saturated heterocycles. The van der Waals surface area contributed by atoms with Gasteiger partial charge in [-0.1, -0.05) is 67.3 Å². The molecule has 2 heterocycles. The highest BCUT2D eigenvalue weighted by Crippen LogP contribution is 2.34. The van der Waals surface area contributed by atoms with Gasteiger partial charge in [-0.3, -0.25) is 14.5 Å². The molecule has 0 unspecified atom stereocenters. The third-order valence-corrected chi connectivity index (χ3v) is 10.00. The van der Waals surface area contributed by atoms with Gasteiger partial charge in [-0.05, 0) is 48.1 Å². The first kappa shape index (κ1) is 30.9. The summed E-state index contributed by atoms with van der Waals surface area (Å²) in [6.07, 6.45) is 7.33. The Kier molecular flexibility index (Phi) is 9.89. The summed E-state index contributed by atoms with van der Waals surface area (Å²) in [6.45, 7) is 3.40. The zero-order valence-corrected chi connectivity index (χ0v) is 25.9. The van der Waals surface area contributed by atoms with Crippen LogP contribution in [0.2, 0.25) is 5.02 Å². The highest BCUT2D eigenvalue weighted by Gasteiger charge is 2.41. The highest BCUT2D eigenvalue weighted by molar-refractivity contribution is 7.88. The van der Waals surface area contributed by atoms with Gasteiger partial charge >= 0.3 is 0 Å². The van der Waals surface area contributed by atoms with Gasteiger partial charge in [0.05, 0.1) is 12.3 Å². The second kappa shape index (κ2) is 13.4. The molecule has 0 bridgehead atoms. The van der Waals surface area contributed by atoms with Crippen LogP contribution in [0.1, 0.15) is 48.8 Å². The molecule has 1 aliphatic carbocycles. The number of carbonyl (C=O) groups excluding carboxylic acids is 2. The van der Waals surface area contributed by atoms with Crippen molar-refractivity contribution in [3.8, 4) is 0 Å². The van der Waals surface area contributed by atoms with E-state index in [1.54, 1.807) is 12.1 Å². The van der Waals surface area contributed by atoms with Crippen LogP contribution in [0, 0.1) is 0 Å². The summed E-state index contributed by atoms with van der Waals surface area (Å²) in [7, 11) is -3.30. The molecule has 9 nitrogen and oxygen atoms in total. The first-order chi connectivity index (χ1) is 20.1. The van der Waals surface area contributed by atoms with E-state index in [0.717, 1.165) is 43.2 Å². The number of halogens is 1. The summed E-state index contributed by atoms with van der Waals surface area (Å²) in [5.41, 5.74) is 3.04. The molecule has 0 spiro atoms. The number of nitrogens with one attached hydrogen (secondary N) is 3. The van der Waals surface area contributed by atoms with Gasteiger partial charge in [0.25, 0.3) is 0 Å². The van der Waals surface area contributed by atoms with Crippen LogP contribution in [-0.4, -0.2) is 86.6 Å². The summed E-state index contributed by atoms with van der Waals surface area (Å²) in [5, 5.41) is 7.03. The second-order valence-corrected chi connectivity index (χ2v) is 14.3. The minimum absolute atomic E-state index is 0.0962. The summed E-state index contributed by atoms with van der Waals surface area (Å²) in [6, 6.07) is 14.4. The van der Waals surface area contributed by atoms with Gasteiger partial charge in [-0.15, -0.1) is 0 Å². The number of fused-ring (bicyclic) bond motifs is 1. The molecule has 42 heavy (non-hydrogen) atoms. The number of benzene rings is 2. The minimum atomic E-state index is -3.30. The molecule has 3 N–H and O–H groups in total. The molecule has 2 amide bonds. The quantitative estimate of drug-likeness (QED) is 0.400. The maximum atomic E-state index is 14.0. The fourth-order valence-corrected chi connectivity index (χ4v) is 7.33. The Morgan fingerprint density at radius 2 is 1.67 bits per heavy atom. The van der Waals surface area contributed by atoms with Crippen molar-refractivity contribution in [1.29, 1.82) is 0 Å². The Labute approximate surface area is 254 Å². The molecule has 1 saturated carbocycles. The van der Waals surface area contributed by atoms with Crippen molar-refractivity contribution in [2.45, 2.75) is 69.1 Å². The monoisotopic (exact) mass is 615 g/mol. The van der Waals surface area contributed by atoms with E-state index in [9.17, 15) is 18.0 Å². The zero-order chi connectivity index (χ0) is 29.7. The first-order valence-corrected chi connectivity index (χ1v) is 17.2. The van der Waals surface area contributed by atoms with Crippen LogP contribution in [0.15, 0.2) is 48.5 Å². The van der Waals surface area contributed by atoms with E-state index in [1.807, 2.05) is 29.2 Å². The largest absolute Gasteiger partial charge is 0.343 e. The van der Waals surface area contributed by atoms with E-state index < -0.39 is 22.1 Å². The van der Waals surface area contributed by atoms with Crippen LogP contribution >= 0.6 is 11.6 Å². The van der Waals surface area contributed by atoms with Gasteiger partial charge in [0.2, 0.25) is 21.8 Å². The topological polar surface area (TPSA) is 111 Å². The van der Waals surface area contributed by atoms with E-state index in [2.05, 4.69) is 32.4 Å². The number of carbonyl (C=O) groups is 2. The number of rotatable bonds is 9. The van der Waals surface area contributed by atoms with E-state index in [4.69, 9.17) is 11.6 Å². The summed E-state index contributed by atoms with van der Waals surface area (Å²) < 4.78 is 26.6. The Morgan fingerprint density at radius 1 is 1.00 bits per heavy atom. The van der Waals surface area contributed by atoms with Crippen molar-refractivity contribution >= 4 is 33.4 Å². The van der Waals surface area contributed by atoms with Crippen LogP contribution in [0.25, 0.3) is 0 Å². The third-order valence-electron chi connectivity index (χ3n) is 9.08. The molecule has 5 rings (SSSR count). The first-order valence-electron chi connectivity index (χ1n) is 15.0. The standard InChI is InChI=1S/C31H42ClN5O4S/c1-42(40,41)34-22-31(13-5-2-6-14-31)37-17-15-36(16-18-37)30(39)28(19-23-9-11-26(32)12-10-23)35-29(38)27-20-24-7-3-4-8-25(24)21-33-27/h3-4,7-12,27-28,33-34H,2,5-6,13-22H2,1H3,(H,35,38)/t27-,28-/m1/s1. The molecule has 2 aliphatic heterocycles. The Bertz CT molecular complexity index is 1360. The molecular weight excluding hydrogens is 574 g/mol. The van der Waals surface area contributed by atoms with Gasteiger partial charge in [0.15, 0.2) is 0 Å². The van der Waals surface area contributed by atoms with E-state index in [1.165, 1.54) is 11.8 Å². The number of sulfonamides is 1. The lowest BCUT2D eigenvalue weighted by Gasteiger charge is -2.50. The maximum absolute atomic E-state index is 14.0. The minimum Gasteiger partial charge on any atom is -0.343 e. The van der Waals surface area contributed by atoms with Crippen molar-refractivity contribution in [1.82, 2.24) is 25.2 Å². The number of hydrogen-bond acceptors (Lipinski definition) is 6. The van der Waals surface area contributed by atoms with Gasteiger partial charge in [0, 0.05) is 56.3 Å². The maximum Gasteiger partial charge on any atom is 0.245 e. The molecule has 2 fully saturated rings. The van der Waals surface area contributed by atoms with Crippen molar-refractivity contribution in [2.75, 3.05) is 39.0 Å². The molecule has 0 radical (unpaired) electrons. The highest BCUT2D eigenvalue weighted by atomic mass is 35.5. The fraction of sp³-hybridized carbons (Fsp3) is 0.548.